The summed E-state index contributed by atoms with van der Waals surface area (Å²) in [5.74, 6) is 0.199. The van der Waals surface area contributed by atoms with E-state index in [4.69, 9.17) is 16.0 Å². The van der Waals surface area contributed by atoms with E-state index in [1.54, 1.807) is 30.3 Å². The average molecular weight is 178 g/mol. The Kier molecular flexibility index (Phi) is 2.92. The van der Waals surface area contributed by atoms with Crippen LogP contribution in [0.2, 0.25) is 0 Å². The highest BCUT2D eigenvalue weighted by atomic mass is 16.4. The normalized spacial score (nSPS) is 12.2. The minimum absolute atomic E-state index is 0.0170. The van der Waals surface area contributed by atoms with Crippen molar-refractivity contribution >= 4 is 11.9 Å². The van der Waals surface area contributed by atoms with Gasteiger partial charge in [-0.1, -0.05) is 23.4 Å². The van der Waals surface area contributed by atoms with Gasteiger partial charge in [-0.3, -0.25) is 0 Å². The largest absolute Gasteiger partial charge is 0.508 e. The monoisotopic (exact) mass is 178 g/mol. The van der Waals surface area contributed by atoms with Crippen LogP contribution in [0.3, 0.4) is 0 Å². The van der Waals surface area contributed by atoms with E-state index in [1.807, 2.05) is 0 Å². The van der Waals surface area contributed by atoms with Gasteiger partial charge in [0.25, 0.3) is 0 Å². The van der Waals surface area contributed by atoms with Crippen molar-refractivity contribution in [3.8, 4) is 5.75 Å². The second kappa shape index (κ2) is 4.15. The number of amidine groups is 1. The summed E-state index contributed by atoms with van der Waals surface area (Å²) in [7, 11) is 0. The van der Waals surface area contributed by atoms with Crippen LogP contribution in [0.4, 0.5) is 0 Å². The molecule has 0 saturated carbocycles. The van der Waals surface area contributed by atoms with E-state index in [0.717, 1.165) is 5.56 Å². The average Bonchev–Trinajstić information content (AvgIpc) is 2.14. The number of aromatic hydroxyl groups is 1. The number of phenolic OH excluding ortho intramolecular Hbond substituents is 1. The Bertz CT molecular complexity index is 345. The highest BCUT2D eigenvalue weighted by Crippen LogP contribution is 2.11. The maximum Gasteiger partial charge on any atom is 0.162 e. The Morgan fingerprint density at radius 3 is 2.85 bits per heavy atom. The van der Waals surface area contributed by atoms with E-state index < -0.39 is 0 Å². The van der Waals surface area contributed by atoms with Gasteiger partial charge >= 0.3 is 0 Å². The van der Waals surface area contributed by atoms with Crippen LogP contribution in [0, 0.1) is 0 Å². The molecule has 0 aliphatic carbocycles. The van der Waals surface area contributed by atoms with Gasteiger partial charge in [0.05, 0.1) is 0 Å². The fourth-order valence-electron chi connectivity index (χ4n) is 0.843. The molecular formula is C9H10N2O2. The fourth-order valence-corrected chi connectivity index (χ4v) is 0.843. The molecule has 1 aromatic rings. The standard InChI is InChI=1S/C9H10N2O2/c10-9(11-13)5-4-7-2-1-3-8(12)6-7/h1-6,12-13H,(H2,10,11)/b5-4+. The third-order valence-corrected chi connectivity index (χ3v) is 1.43. The van der Waals surface area contributed by atoms with Crippen molar-refractivity contribution < 1.29 is 10.3 Å². The van der Waals surface area contributed by atoms with Crippen molar-refractivity contribution in [1.82, 2.24) is 0 Å². The van der Waals surface area contributed by atoms with Crippen LogP contribution >= 0.6 is 0 Å². The lowest BCUT2D eigenvalue weighted by molar-refractivity contribution is 0.319. The molecule has 0 bridgehead atoms. The molecule has 4 nitrogen and oxygen atoms in total. The Labute approximate surface area is 75.6 Å². The van der Waals surface area contributed by atoms with Crippen LogP contribution in [-0.2, 0) is 0 Å². The summed E-state index contributed by atoms with van der Waals surface area (Å²) in [5, 5.41) is 20.1. The van der Waals surface area contributed by atoms with Gasteiger partial charge in [0.2, 0.25) is 0 Å². The van der Waals surface area contributed by atoms with E-state index in [1.165, 1.54) is 6.08 Å². The van der Waals surface area contributed by atoms with Crippen molar-refractivity contribution in [2.24, 2.45) is 10.9 Å². The summed E-state index contributed by atoms with van der Waals surface area (Å²) in [6.07, 6.45) is 3.07. The number of benzene rings is 1. The maximum absolute atomic E-state index is 9.09. The predicted octanol–water partition coefficient (Wildman–Crippen LogP) is 1.15. The van der Waals surface area contributed by atoms with Gasteiger partial charge in [0.15, 0.2) is 5.84 Å². The zero-order valence-corrected chi connectivity index (χ0v) is 6.88. The molecule has 0 heterocycles. The Morgan fingerprint density at radius 1 is 1.46 bits per heavy atom. The number of hydrogen-bond donors (Lipinski definition) is 3. The van der Waals surface area contributed by atoms with Crippen molar-refractivity contribution in [2.75, 3.05) is 0 Å². The number of rotatable bonds is 2. The molecule has 0 saturated heterocycles. The molecule has 0 aliphatic rings. The number of hydrogen-bond acceptors (Lipinski definition) is 3. The predicted molar refractivity (Wildman–Crippen MR) is 50.5 cm³/mol. The van der Waals surface area contributed by atoms with Gasteiger partial charge in [-0.05, 0) is 23.8 Å². The molecule has 0 spiro atoms. The molecule has 1 aromatic carbocycles. The summed E-state index contributed by atoms with van der Waals surface area (Å²) in [6.45, 7) is 0. The van der Waals surface area contributed by atoms with Crippen LogP contribution < -0.4 is 5.73 Å². The molecule has 13 heavy (non-hydrogen) atoms. The first-order valence-electron chi connectivity index (χ1n) is 3.67. The second-order valence-electron chi connectivity index (χ2n) is 2.45. The molecule has 68 valence electrons. The molecule has 0 fully saturated rings. The Morgan fingerprint density at radius 2 is 2.23 bits per heavy atom. The number of nitrogens with two attached hydrogens (primary N) is 1. The number of phenols is 1. The van der Waals surface area contributed by atoms with Crippen molar-refractivity contribution in [2.45, 2.75) is 0 Å². The highest BCUT2D eigenvalue weighted by Gasteiger charge is 1.89. The first-order valence-corrected chi connectivity index (χ1v) is 3.67. The molecule has 0 aromatic heterocycles. The molecule has 4 heteroatoms. The van der Waals surface area contributed by atoms with E-state index >= 15 is 0 Å². The van der Waals surface area contributed by atoms with E-state index in [9.17, 15) is 0 Å². The molecule has 0 aliphatic heterocycles. The summed E-state index contributed by atoms with van der Waals surface area (Å²) in [5.41, 5.74) is 5.99. The van der Waals surface area contributed by atoms with Crippen LogP contribution in [0.25, 0.3) is 6.08 Å². The lowest BCUT2D eigenvalue weighted by atomic mass is 10.2. The summed E-state index contributed by atoms with van der Waals surface area (Å²) < 4.78 is 0. The Hall–Kier alpha value is -1.97. The zero-order chi connectivity index (χ0) is 9.68. The van der Waals surface area contributed by atoms with Gasteiger partial charge in [-0.25, -0.2) is 0 Å². The second-order valence-corrected chi connectivity index (χ2v) is 2.45. The fraction of sp³-hybridized carbons (Fsp3) is 0. The molecule has 0 unspecified atom stereocenters. The van der Waals surface area contributed by atoms with Crippen molar-refractivity contribution in [3.63, 3.8) is 0 Å². The first-order chi connectivity index (χ1) is 6.22. The van der Waals surface area contributed by atoms with Crippen LogP contribution in [-0.4, -0.2) is 16.1 Å². The van der Waals surface area contributed by atoms with Gasteiger partial charge in [0.1, 0.15) is 5.75 Å². The van der Waals surface area contributed by atoms with Gasteiger partial charge in [-0.2, -0.15) is 0 Å². The summed E-state index contributed by atoms with van der Waals surface area (Å²) >= 11 is 0. The lowest BCUT2D eigenvalue weighted by Gasteiger charge is -1.93. The topological polar surface area (TPSA) is 78.8 Å². The zero-order valence-electron chi connectivity index (χ0n) is 6.88. The molecule has 1 rings (SSSR count). The van der Waals surface area contributed by atoms with Crippen molar-refractivity contribution in [3.05, 3.63) is 35.9 Å². The van der Waals surface area contributed by atoms with Gasteiger partial charge < -0.3 is 16.0 Å². The smallest absolute Gasteiger partial charge is 0.162 e. The lowest BCUT2D eigenvalue weighted by Crippen LogP contribution is -2.06. The van der Waals surface area contributed by atoms with Crippen LogP contribution in [0.1, 0.15) is 5.56 Å². The molecule has 0 atom stereocenters. The van der Waals surface area contributed by atoms with E-state index in [0.29, 0.717) is 0 Å². The minimum Gasteiger partial charge on any atom is -0.508 e. The third-order valence-electron chi connectivity index (χ3n) is 1.43. The van der Waals surface area contributed by atoms with E-state index in [-0.39, 0.29) is 11.6 Å². The van der Waals surface area contributed by atoms with E-state index in [2.05, 4.69) is 5.16 Å². The molecule has 0 amide bonds. The van der Waals surface area contributed by atoms with Gasteiger partial charge in [-0.15, -0.1) is 0 Å². The third kappa shape index (κ3) is 2.86. The molecular weight excluding hydrogens is 168 g/mol. The number of oxime groups is 1. The van der Waals surface area contributed by atoms with Crippen molar-refractivity contribution in [1.29, 1.82) is 0 Å². The maximum atomic E-state index is 9.09. The highest BCUT2D eigenvalue weighted by molar-refractivity contribution is 5.94. The minimum atomic E-state index is 0.0170. The van der Waals surface area contributed by atoms with Crippen LogP contribution in [0.15, 0.2) is 35.5 Å². The SMILES string of the molecule is NC(/C=C/c1cccc(O)c1)=N\O. The number of nitrogens with zero attached hydrogens (tertiary/aromatic N) is 1. The molecule has 0 radical (unpaired) electrons. The molecule has 4 N–H and O–H groups in total. The quantitative estimate of drug-likeness (QED) is 0.275. The first kappa shape index (κ1) is 9.12. The summed E-state index contributed by atoms with van der Waals surface area (Å²) in [4.78, 5) is 0. The van der Waals surface area contributed by atoms with Crippen LogP contribution in [0.5, 0.6) is 5.75 Å². The van der Waals surface area contributed by atoms with Gasteiger partial charge in [0, 0.05) is 0 Å². The Balaban J connectivity index is 2.80. The summed E-state index contributed by atoms with van der Waals surface area (Å²) in [6, 6.07) is 6.64.